The maximum atomic E-state index is 12.7. The van der Waals surface area contributed by atoms with E-state index in [-0.39, 0.29) is 44.6 Å². The number of imidazole rings is 1. The molecule has 1 aliphatic heterocycles. The van der Waals surface area contributed by atoms with Crippen molar-refractivity contribution < 1.29 is 75.6 Å². The molecule has 544 valence electrons. The molecule has 4 N–H and O–H groups in total. The maximum absolute atomic E-state index is 12.7. The first-order chi connectivity index (χ1) is 45.9. The van der Waals surface area contributed by atoms with E-state index in [0.717, 1.165) is 225 Å². The summed E-state index contributed by atoms with van der Waals surface area (Å²) in [6, 6.07) is 0. The second kappa shape index (κ2) is 49.3. The number of nitrogens with two attached hydrogens (primary N) is 1. The third-order valence-corrected chi connectivity index (χ3v) is 21.2. The maximum Gasteiger partial charge on any atom is 0.472 e. The van der Waals surface area contributed by atoms with Gasteiger partial charge in [0.25, 0.3) is 7.82 Å². The molecule has 0 aromatic carbocycles. The van der Waals surface area contributed by atoms with E-state index < -0.39 is 34.1 Å². The lowest BCUT2D eigenvalue weighted by Crippen LogP contribution is -2.47. The molecule has 5 atom stereocenters. The summed E-state index contributed by atoms with van der Waals surface area (Å²) in [7, 11) is -8.54. The van der Waals surface area contributed by atoms with Gasteiger partial charge in [-0.1, -0.05) is 128 Å². The molecular formula is C70H126N6O16P2-2. The van der Waals surface area contributed by atoms with E-state index in [1.54, 1.807) is 4.57 Å². The molecule has 0 amide bonds. The van der Waals surface area contributed by atoms with E-state index in [4.69, 9.17) is 52.2 Å². The van der Waals surface area contributed by atoms with Crippen LogP contribution < -0.4 is 15.7 Å². The second-order valence-electron chi connectivity index (χ2n) is 27.7. The number of aromatic nitrogens is 4. The summed E-state index contributed by atoms with van der Waals surface area (Å²) < 4.78 is 81.8. The van der Waals surface area contributed by atoms with Crippen molar-refractivity contribution in [2.24, 2.45) is 28.2 Å². The first-order valence-electron chi connectivity index (χ1n) is 37.5. The van der Waals surface area contributed by atoms with Crippen molar-refractivity contribution in [3.05, 3.63) is 12.7 Å². The normalized spacial score (nSPS) is 22.5. The fourth-order valence-electron chi connectivity index (χ4n) is 14.5. The van der Waals surface area contributed by atoms with Crippen molar-refractivity contribution in [3.8, 4) is 0 Å². The van der Waals surface area contributed by atoms with Gasteiger partial charge >= 0.3 is 7.82 Å². The minimum absolute atomic E-state index is 0.0903. The standard InChI is InChI=1S/C70H128N6O16P2/c71-68-67-69(74-58-73-68)76(59-75-67)66-52-63(77)64(92-66)57-91-94(81,82)90-48-34-20-18-31-45-87-43-29-16-14-27-41-85-39-25-12-10-23-37-83-36-22-9-11-24-38-84-40-26-13-15-28-42-86-44-30-17-19-33-47-89-93(79,80)88-46-32-8-6-4-2-1-3-5-7-21-35-72-65(78)56-70-53-60-49-61(54-70)51-62(50-60)55-70/h58-64,66,77H,1-57H2,(H,72,78)(H,79,80)(H,81,82)(H2,71,73,74)/p-2/t60?,61?,62?,63-,64+,66+,70?/m0/s1. The number of fused-ring (bicyclic) bond motifs is 1. The van der Waals surface area contributed by atoms with Gasteiger partial charge in [-0.25, -0.2) is 19.5 Å². The van der Waals surface area contributed by atoms with Crippen LogP contribution in [0.5, 0.6) is 0 Å². The molecule has 1 saturated heterocycles. The molecule has 5 fully saturated rings. The van der Waals surface area contributed by atoms with Crippen molar-refractivity contribution in [3.63, 3.8) is 0 Å². The molecular weight excluding hydrogens is 1240 g/mol. The molecule has 4 bridgehead atoms. The molecule has 2 aromatic rings. The quantitative estimate of drug-likeness (QED) is 0.0240. The second-order valence-corrected chi connectivity index (χ2v) is 30.5. The molecule has 3 heterocycles. The Kier molecular flexibility index (Phi) is 42.4. The van der Waals surface area contributed by atoms with Gasteiger partial charge in [0, 0.05) is 79.0 Å². The molecule has 0 spiro atoms. The van der Waals surface area contributed by atoms with Gasteiger partial charge in [0.2, 0.25) is 0 Å². The Morgan fingerprint density at radius 2 is 0.883 bits per heavy atom. The van der Waals surface area contributed by atoms with Gasteiger partial charge in [0.1, 0.15) is 24.2 Å². The summed E-state index contributed by atoms with van der Waals surface area (Å²) in [5.41, 5.74) is 7.07. The Bertz CT molecular complexity index is 2320. The van der Waals surface area contributed by atoms with Crippen LogP contribution in [0.25, 0.3) is 11.2 Å². The highest BCUT2D eigenvalue weighted by molar-refractivity contribution is 7.47. The number of hydrogen-bond donors (Lipinski definition) is 3. The molecule has 2 unspecified atom stereocenters. The molecule has 94 heavy (non-hydrogen) atoms. The topological polar surface area (TPSA) is 295 Å². The zero-order chi connectivity index (χ0) is 66.5. The Morgan fingerprint density at radius 1 is 0.521 bits per heavy atom. The zero-order valence-corrected chi connectivity index (χ0v) is 59.5. The lowest BCUT2D eigenvalue weighted by molar-refractivity contribution is -0.226. The number of phosphoric ester groups is 2. The summed E-state index contributed by atoms with van der Waals surface area (Å²) in [6.07, 6.45) is 45.5. The van der Waals surface area contributed by atoms with E-state index in [9.17, 15) is 29.1 Å². The molecule has 5 aliphatic rings. The summed E-state index contributed by atoms with van der Waals surface area (Å²) in [6.45, 7) is 8.86. The Labute approximate surface area is 565 Å². The van der Waals surface area contributed by atoms with Crippen LogP contribution in [0.1, 0.15) is 276 Å². The van der Waals surface area contributed by atoms with Crippen molar-refractivity contribution in [1.29, 1.82) is 0 Å². The van der Waals surface area contributed by atoms with E-state index in [1.807, 2.05) is 0 Å². The van der Waals surface area contributed by atoms with Gasteiger partial charge in [-0.3, -0.25) is 18.2 Å². The number of nitrogen functional groups attached to an aromatic ring is 1. The Morgan fingerprint density at radius 3 is 1.29 bits per heavy atom. The summed E-state index contributed by atoms with van der Waals surface area (Å²) in [5, 5.41) is 23.2. The molecule has 2 aromatic heterocycles. The summed E-state index contributed by atoms with van der Waals surface area (Å²) >= 11 is 0. The first kappa shape index (κ1) is 80.7. The lowest BCUT2D eigenvalue weighted by Gasteiger charge is -2.57. The summed E-state index contributed by atoms with van der Waals surface area (Å²) in [4.78, 5) is 39.1. The van der Waals surface area contributed by atoms with Gasteiger partial charge < -0.3 is 68.2 Å². The van der Waals surface area contributed by atoms with Crippen LogP contribution >= 0.6 is 15.6 Å². The number of anilines is 1. The molecule has 22 nitrogen and oxygen atoms in total. The highest BCUT2D eigenvalue weighted by Crippen LogP contribution is 2.61. The van der Waals surface area contributed by atoms with Crippen LogP contribution in [-0.2, 0) is 55.6 Å². The van der Waals surface area contributed by atoms with Gasteiger partial charge in [-0.15, -0.1) is 0 Å². The van der Waals surface area contributed by atoms with Crippen molar-refractivity contribution in [1.82, 2.24) is 19.5 Å². The van der Waals surface area contributed by atoms with Crippen LogP contribution in [0.4, 0.5) is 5.82 Å². The van der Waals surface area contributed by atoms with Crippen molar-refractivity contribution in [2.45, 2.75) is 288 Å². The lowest BCUT2D eigenvalue weighted by atomic mass is 9.49. The monoisotopic (exact) mass is 1370 g/mol. The number of ether oxygens (including phenoxy) is 6. The van der Waals surface area contributed by atoms with Gasteiger partial charge in [0.15, 0.2) is 11.5 Å². The smallest absolute Gasteiger partial charge is 0.472 e. The number of nitrogens with zero attached hydrogens (tertiary/aromatic N) is 5. The zero-order valence-electron chi connectivity index (χ0n) is 57.7. The average Bonchev–Trinajstić information content (AvgIpc) is 0.941. The van der Waals surface area contributed by atoms with Crippen LogP contribution in [0.3, 0.4) is 0 Å². The average molecular weight is 1370 g/mol. The molecule has 24 heteroatoms. The predicted octanol–water partition coefficient (Wildman–Crippen LogP) is 14.4. The first-order valence-corrected chi connectivity index (χ1v) is 40.4. The number of rotatable bonds is 64. The minimum atomic E-state index is -4.31. The van der Waals surface area contributed by atoms with Crippen LogP contribution in [0.15, 0.2) is 17.6 Å². The fraction of sp³-hybridized carbons (Fsp3) is 0.914. The number of aliphatic imine (C=N–C) groups is 1. The number of aliphatic hydroxyl groups is 1. The van der Waals surface area contributed by atoms with Gasteiger partial charge in [-0.2, -0.15) is 0 Å². The highest BCUT2D eigenvalue weighted by atomic mass is 31.2. The SMILES string of the molecule is Nc1ncnc2c1ncn2[C@H]1C[C@H](O)[C@@H](COP(=O)(O)OCCCCCCOCCCCCCOCCCCCCOCCCCCCOCCCCCCOCCCCCCOP(=O)([O-])OCCCCCCCCCCCCN=C([O-])CC23CC4CC(CC(C4)C2)C3)O1. The number of unbranched alkanes of at least 4 members (excludes halogenated alkanes) is 27. The predicted molar refractivity (Wildman–Crippen MR) is 364 cm³/mol. The number of hydrogen-bond acceptors (Lipinski definition) is 20. The van der Waals surface area contributed by atoms with Crippen molar-refractivity contribution >= 4 is 38.5 Å². The molecule has 4 saturated carbocycles. The largest absolute Gasteiger partial charge is 0.862 e. The molecule has 4 aliphatic carbocycles. The van der Waals surface area contributed by atoms with Gasteiger partial charge in [0.05, 0.1) is 38.9 Å². The van der Waals surface area contributed by atoms with E-state index in [0.29, 0.717) is 49.0 Å². The highest BCUT2D eigenvalue weighted by Gasteiger charge is 2.50. The van der Waals surface area contributed by atoms with Crippen LogP contribution in [0, 0.1) is 23.2 Å². The summed E-state index contributed by atoms with van der Waals surface area (Å²) in [5.74, 6) is 3.08. The van der Waals surface area contributed by atoms with E-state index >= 15 is 0 Å². The van der Waals surface area contributed by atoms with Crippen molar-refractivity contribution in [2.75, 3.05) is 105 Å². The molecule has 0 radical (unpaired) electrons. The van der Waals surface area contributed by atoms with E-state index in [2.05, 4.69) is 19.9 Å². The third-order valence-electron chi connectivity index (χ3n) is 19.3. The molecule has 7 rings (SSSR count). The number of aliphatic hydroxyl groups excluding tert-OH is 1. The van der Waals surface area contributed by atoms with Crippen LogP contribution in [-0.4, -0.2) is 147 Å². The minimum Gasteiger partial charge on any atom is -0.862 e. The van der Waals surface area contributed by atoms with E-state index in [1.165, 1.54) is 109 Å². The Hall–Kier alpha value is -2.24. The fourth-order valence-corrected chi connectivity index (χ4v) is 16.0. The number of phosphoric acid groups is 2. The van der Waals surface area contributed by atoms with Crippen LogP contribution in [0.2, 0.25) is 0 Å². The third kappa shape index (κ3) is 35.7. The van der Waals surface area contributed by atoms with Gasteiger partial charge in [-0.05, 0) is 164 Å². The Balaban J connectivity index is 0.549.